The summed E-state index contributed by atoms with van der Waals surface area (Å²) in [5.41, 5.74) is -0.552. The molecule has 96 valence electrons. The molecule has 0 aliphatic heterocycles. The molecular formula is C12H13ClN2O3. The first-order valence-electron chi connectivity index (χ1n) is 5.35. The van der Waals surface area contributed by atoms with Gasteiger partial charge in [0.1, 0.15) is 5.02 Å². The summed E-state index contributed by atoms with van der Waals surface area (Å²) in [4.78, 5) is 16.4. The topological polar surface area (TPSA) is 75.3 Å². The molecule has 0 bridgehead atoms. The van der Waals surface area contributed by atoms with E-state index < -0.39 is 17.0 Å². The molecule has 0 aliphatic carbocycles. The molecule has 1 aromatic heterocycles. The molecule has 0 aliphatic rings. The predicted octanol–water partition coefficient (Wildman–Crippen LogP) is 2.22. The van der Waals surface area contributed by atoms with Gasteiger partial charge in [0, 0.05) is 11.6 Å². The highest BCUT2D eigenvalue weighted by Crippen LogP contribution is 2.37. The van der Waals surface area contributed by atoms with E-state index >= 15 is 0 Å². The van der Waals surface area contributed by atoms with Gasteiger partial charge in [-0.2, -0.15) is 0 Å². The second-order valence-corrected chi connectivity index (χ2v) is 5.42. The Labute approximate surface area is 108 Å². The fourth-order valence-corrected chi connectivity index (χ4v) is 1.96. The fraction of sp³-hybridized carbons (Fsp3) is 0.333. The van der Waals surface area contributed by atoms with Gasteiger partial charge in [0.15, 0.2) is 11.5 Å². The normalized spacial score (nSPS) is 12.0. The van der Waals surface area contributed by atoms with Gasteiger partial charge in [-0.15, -0.1) is 0 Å². The van der Waals surface area contributed by atoms with E-state index in [4.69, 9.17) is 11.6 Å². The van der Waals surface area contributed by atoms with Crippen molar-refractivity contribution in [2.24, 2.45) is 0 Å². The van der Waals surface area contributed by atoms with E-state index in [1.54, 1.807) is 0 Å². The fourth-order valence-electron chi connectivity index (χ4n) is 1.69. The average Bonchev–Trinajstić information content (AvgIpc) is 2.24. The Balaban J connectivity index is 2.96. The van der Waals surface area contributed by atoms with Gasteiger partial charge in [0.25, 0.3) is 5.56 Å². The number of aromatic hydroxyl groups is 2. The zero-order valence-electron chi connectivity index (χ0n) is 10.2. The van der Waals surface area contributed by atoms with Gasteiger partial charge in [-0.3, -0.25) is 9.36 Å². The summed E-state index contributed by atoms with van der Waals surface area (Å²) in [5.74, 6) is -0.900. The predicted molar refractivity (Wildman–Crippen MR) is 69.3 cm³/mol. The molecule has 0 radical (unpaired) electrons. The minimum Gasteiger partial charge on any atom is -0.504 e. The maximum Gasteiger partial charge on any atom is 0.263 e. The van der Waals surface area contributed by atoms with Gasteiger partial charge < -0.3 is 10.2 Å². The number of phenols is 2. The molecule has 0 amide bonds. The molecular weight excluding hydrogens is 256 g/mol. The van der Waals surface area contributed by atoms with Crippen LogP contribution in [0.15, 0.2) is 17.2 Å². The first-order chi connectivity index (χ1) is 8.23. The zero-order valence-corrected chi connectivity index (χ0v) is 11.0. The van der Waals surface area contributed by atoms with Gasteiger partial charge in [-0.05, 0) is 20.8 Å². The van der Waals surface area contributed by atoms with Crippen LogP contribution in [0, 0.1) is 0 Å². The van der Waals surface area contributed by atoms with Crippen molar-refractivity contribution in [2.45, 2.75) is 26.3 Å². The van der Waals surface area contributed by atoms with Crippen molar-refractivity contribution in [1.82, 2.24) is 9.55 Å². The molecule has 2 N–H and O–H groups in total. The van der Waals surface area contributed by atoms with Crippen LogP contribution in [0.1, 0.15) is 20.8 Å². The Kier molecular flexibility index (Phi) is 2.74. The van der Waals surface area contributed by atoms with E-state index in [1.807, 2.05) is 20.8 Å². The molecule has 0 saturated heterocycles. The first-order valence-corrected chi connectivity index (χ1v) is 5.73. The molecule has 18 heavy (non-hydrogen) atoms. The Morgan fingerprint density at radius 1 is 1.33 bits per heavy atom. The van der Waals surface area contributed by atoms with Crippen molar-refractivity contribution in [3.05, 3.63) is 27.8 Å². The lowest BCUT2D eigenvalue weighted by molar-refractivity contribution is 0.381. The third kappa shape index (κ3) is 1.80. The van der Waals surface area contributed by atoms with E-state index in [0.717, 1.165) is 0 Å². The highest BCUT2D eigenvalue weighted by atomic mass is 35.5. The average molecular weight is 269 g/mol. The first kappa shape index (κ1) is 12.7. The van der Waals surface area contributed by atoms with Gasteiger partial charge in [-0.25, -0.2) is 4.98 Å². The van der Waals surface area contributed by atoms with Gasteiger partial charge >= 0.3 is 0 Å². The smallest absolute Gasteiger partial charge is 0.263 e. The van der Waals surface area contributed by atoms with Crippen molar-refractivity contribution in [2.75, 3.05) is 0 Å². The quantitative estimate of drug-likeness (QED) is 0.719. The van der Waals surface area contributed by atoms with Crippen LogP contribution in [0.25, 0.3) is 10.9 Å². The molecule has 0 spiro atoms. The lowest BCUT2D eigenvalue weighted by Gasteiger charge is -2.22. The number of aromatic nitrogens is 2. The van der Waals surface area contributed by atoms with Crippen molar-refractivity contribution in [3.63, 3.8) is 0 Å². The van der Waals surface area contributed by atoms with Gasteiger partial charge in [-0.1, -0.05) is 11.6 Å². The number of phenolic OH excluding ortho intramolecular Hbond substituents is 2. The summed E-state index contributed by atoms with van der Waals surface area (Å²) >= 11 is 5.90. The highest BCUT2D eigenvalue weighted by molar-refractivity contribution is 6.37. The summed E-state index contributed by atoms with van der Waals surface area (Å²) < 4.78 is 1.43. The number of fused-ring (bicyclic) bond motifs is 1. The Morgan fingerprint density at radius 3 is 2.50 bits per heavy atom. The summed E-state index contributed by atoms with van der Waals surface area (Å²) in [7, 11) is 0. The number of nitrogens with zero attached hydrogens (tertiary/aromatic N) is 2. The molecule has 6 heteroatoms. The third-order valence-corrected chi connectivity index (χ3v) is 3.04. The van der Waals surface area contributed by atoms with Crippen LogP contribution in [-0.2, 0) is 5.54 Å². The number of hydrogen-bond donors (Lipinski definition) is 2. The number of benzene rings is 1. The molecule has 1 heterocycles. The monoisotopic (exact) mass is 268 g/mol. The van der Waals surface area contributed by atoms with E-state index in [9.17, 15) is 15.0 Å². The van der Waals surface area contributed by atoms with Crippen LogP contribution in [0.3, 0.4) is 0 Å². The molecule has 2 aromatic rings. The van der Waals surface area contributed by atoms with Crippen LogP contribution in [0.4, 0.5) is 0 Å². The van der Waals surface area contributed by atoms with Gasteiger partial charge in [0.2, 0.25) is 0 Å². The van der Waals surface area contributed by atoms with Crippen LogP contribution in [-0.4, -0.2) is 19.8 Å². The number of hydrogen-bond acceptors (Lipinski definition) is 4. The number of rotatable bonds is 0. The lowest BCUT2D eigenvalue weighted by atomic mass is 10.1. The molecule has 1 aromatic carbocycles. The standard InChI is InChI=1S/C12H13ClN2O3/c1-12(2,3)15-5-14-6-4-7(16)10(17)9(13)8(6)11(15)18/h4-5,16-17H,1-3H3. The lowest BCUT2D eigenvalue weighted by Crippen LogP contribution is -2.33. The Hall–Kier alpha value is -1.75. The zero-order chi connectivity index (χ0) is 13.7. The number of halogens is 1. The van der Waals surface area contributed by atoms with E-state index in [-0.39, 0.29) is 21.5 Å². The largest absolute Gasteiger partial charge is 0.504 e. The molecule has 5 nitrogen and oxygen atoms in total. The molecule has 0 unspecified atom stereocenters. The molecule has 0 fully saturated rings. The minimum absolute atomic E-state index is 0.101. The molecule has 2 rings (SSSR count). The SMILES string of the molecule is CC(C)(C)n1cnc2cc(O)c(O)c(Cl)c2c1=O. The van der Waals surface area contributed by atoms with Crippen LogP contribution in [0.5, 0.6) is 11.5 Å². The summed E-state index contributed by atoms with van der Waals surface area (Å²) in [6.45, 7) is 5.57. The second-order valence-electron chi connectivity index (χ2n) is 5.04. The highest BCUT2D eigenvalue weighted by Gasteiger charge is 2.20. The van der Waals surface area contributed by atoms with E-state index in [0.29, 0.717) is 0 Å². The molecule has 0 atom stereocenters. The summed E-state index contributed by atoms with van der Waals surface area (Å²) in [6, 6.07) is 1.21. The maximum absolute atomic E-state index is 12.3. The van der Waals surface area contributed by atoms with Crippen LogP contribution < -0.4 is 5.56 Å². The van der Waals surface area contributed by atoms with Crippen LogP contribution in [0.2, 0.25) is 5.02 Å². The Morgan fingerprint density at radius 2 is 1.94 bits per heavy atom. The van der Waals surface area contributed by atoms with Crippen molar-refractivity contribution in [3.8, 4) is 11.5 Å². The minimum atomic E-state index is -0.505. The van der Waals surface area contributed by atoms with E-state index in [1.165, 1.54) is 17.0 Å². The van der Waals surface area contributed by atoms with Crippen molar-refractivity contribution in [1.29, 1.82) is 0 Å². The van der Waals surface area contributed by atoms with Crippen molar-refractivity contribution < 1.29 is 10.2 Å². The van der Waals surface area contributed by atoms with Crippen molar-refractivity contribution >= 4 is 22.5 Å². The van der Waals surface area contributed by atoms with Crippen LogP contribution >= 0.6 is 11.6 Å². The summed E-state index contributed by atoms with van der Waals surface area (Å²) in [5, 5.41) is 18.9. The summed E-state index contributed by atoms with van der Waals surface area (Å²) in [6.07, 6.45) is 1.40. The Bertz CT molecular complexity index is 686. The second kappa shape index (κ2) is 3.88. The molecule has 0 saturated carbocycles. The third-order valence-electron chi connectivity index (χ3n) is 2.67. The van der Waals surface area contributed by atoms with Gasteiger partial charge in [0.05, 0.1) is 17.2 Å². The maximum atomic E-state index is 12.3. The van der Waals surface area contributed by atoms with E-state index in [2.05, 4.69) is 4.98 Å².